The van der Waals surface area contributed by atoms with E-state index in [1.54, 1.807) is 50.4 Å². The lowest BCUT2D eigenvalue weighted by molar-refractivity contribution is -0.387. The molecule has 2 heterocycles. The van der Waals surface area contributed by atoms with E-state index in [0.29, 0.717) is 22.1 Å². The number of nitro benzene ring substituents is 1. The molecule has 12 nitrogen and oxygen atoms in total. The number of anilines is 1. The zero-order valence-electron chi connectivity index (χ0n) is 19.5. The molecule has 0 amide bonds. The number of methoxy groups -OCH3 is 2. The number of tetrazole rings is 1. The zero-order chi connectivity index (χ0) is 25.3. The van der Waals surface area contributed by atoms with Crippen LogP contribution in [-0.4, -0.2) is 62.5 Å². The Hall–Kier alpha value is -3.32. The third kappa shape index (κ3) is 4.52. The normalized spacial score (nSPS) is 21.5. The van der Waals surface area contributed by atoms with Gasteiger partial charge < -0.3 is 24.2 Å². The number of fused-ring (bicyclic) bond motifs is 1. The Labute approximate surface area is 206 Å². The first-order valence-corrected chi connectivity index (χ1v) is 11.0. The van der Waals surface area contributed by atoms with Crippen LogP contribution in [0.5, 0.6) is 5.75 Å². The third-order valence-electron chi connectivity index (χ3n) is 6.00. The van der Waals surface area contributed by atoms with Gasteiger partial charge in [0, 0.05) is 36.6 Å². The van der Waals surface area contributed by atoms with E-state index in [-0.39, 0.29) is 18.0 Å². The number of ether oxygens (including phenoxy) is 3. The number of aromatic nitrogens is 4. The lowest BCUT2D eigenvalue weighted by Crippen LogP contribution is -2.62. The molecule has 1 aliphatic rings. The Morgan fingerprint density at radius 2 is 1.97 bits per heavy atom. The van der Waals surface area contributed by atoms with Gasteiger partial charge in [-0.3, -0.25) is 10.1 Å². The second-order valence-electron chi connectivity index (χ2n) is 8.23. The highest BCUT2D eigenvalue weighted by Crippen LogP contribution is 2.49. The quantitative estimate of drug-likeness (QED) is 0.276. The second-order valence-corrected chi connectivity index (χ2v) is 8.67. The number of aryl methyl sites for hydroxylation is 1. The largest absolute Gasteiger partial charge is 0.472 e. The molecule has 186 valence electrons. The van der Waals surface area contributed by atoms with Crippen LogP contribution in [0.15, 0.2) is 42.5 Å². The van der Waals surface area contributed by atoms with Crippen LogP contribution in [0.4, 0.5) is 11.4 Å². The molecule has 13 heteroatoms. The monoisotopic (exact) mass is 504 g/mol. The number of rotatable bonds is 8. The Balaban J connectivity index is 1.94. The summed E-state index contributed by atoms with van der Waals surface area (Å²) in [6, 6.07) is 10.7. The maximum absolute atomic E-state index is 11.9. The van der Waals surface area contributed by atoms with Crippen molar-refractivity contribution in [1.82, 2.24) is 20.2 Å². The first-order valence-electron chi connectivity index (χ1n) is 10.6. The van der Waals surface area contributed by atoms with Crippen molar-refractivity contribution in [3.63, 3.8) is 0 Å². The fourth-order valence-corrected chi connectivity index (χ4v) is 4.53. The Bertz CT molecular complexity index is 1200. The molecule has 1 N–H and O–H groups in total. The molecular formula is C22H25ClN6O6. The Morgan fingerprint density at radius 1 is 1.29 bits per heavy atom. The smallest absolute Gasteiger partial charge is 0.311 e. The van der Waals surface area contributed by atoms with Gasteiger partial charge in [-0.15, -0.1) is 10.2 Å². The van der Waals surface area contributed by atoms with Gasteiger partial charge in [0.1, 0.15) is 6.10 Å². The molecule has 2 aromatic carbocycles. The van der Waals surface area contributed by atoms with Crippen molar-refractivity contribution in [2.24, 2.45) is 7.05 Å². The lowest BCUT2D eigenvalue weighted by Gasteiger charge is -2.49. The number of aliphatic hydroxyl groups is 1. The summed E-state index contributed by atoms with van der Waals surface area (Å²) >= 11 is 6.12. The van der Waals surface area contributed by atoms with Crippen LogP contribution in [0.25, 0.3) is 0 Å². The van der Waals surface area contributed by atoms with Gasteiger partial charge in [-0.05, 0) is 36.4 Å². The molecule has 1 unspecified atom stereocenters. The molecule has 4 rings (SSSR count). The summed E-state index contributed by atoms with van der Waals surface area (Å²) < 4.78 is 17.0. The van der Waals surface area contributed by atoms with Gasteiger partial charge in [-0.25, -0.2) is 0 Å². The van der Waals surface area contributed by atoms with Crippen LogP contribution >= 0.6 is 11.6 Å². The predicted octanol–water partition coefficient (Wildman–Crippen LogP) is 2.65. The van der Waals surface area contributed by atoms with Crippen molar-refractivity contribution >= 4 is 23.0 Å². The first kappa shape index (κ1) is 24.8. The van der Waals surface area contributed by atoms with Gasteiger partial charge >= 0.3 is 5.69 Å². The number of hydrogen-bond acceptors (Lipinski definition) is 10. The molecule has 0 bridgehead atoms. The maximum atomic E-state index is 11.9. The van der Waals surface area contributed by atoms with Crippen molar-refractivity contribution in [1.29, 1.82) is 0 Å². The number of nitro groups is 1. The summed E-state index contributed by atoms with van der Waals surface area (Å²) in [5.41, 5.74) is -0.688. The number of para-hydroxylation sites is 1. The minimum Gasteiger partial charge on any atom is -0.472 e. The van der Waals surface area contributed by atoms with E-state index in [9.17, 15) is 15.2 Å². The van der Waals surface area contributed by atoms with Crippen LogP contribution in [0.3, 0.4) is 0 Å². The number of aliphatic hydroxyl groups excluding tert-OH is 1. The van der Waals surface area contributed by atoms with Gasteiger partial charge in [0.05, 0.1) is 24.6 Å². The minimum atomic E-state index is -1.52. The van der Waals surface area contributed by atoms with E-state index in [4.69, 9.17) is 25.8 Å². The number of benzene rings is 2. The average molecular weight is 505 g/mol. The van der Waals surface area contributed by atoms with Crippen LogP contribution in [0, 0.1) is 10.1 Å². The van der Waals surface area contributed by atoms with Gasteiger partial charge in [0.25, 0.3) is 0 Å². The summed E-state index contributed by atoms with van der Waals surface area (Å²) in [7, 11) is 4.45. The summed E-state index contributed by atoms with van der Waals surface area (Å²) in [5, 5.41) is 36.5. The van der Waals surface area contributed by atoms with E-state index in [1.807, 2.05) is 4.90 Å². The molecule has 35 heavy (non-hydrogen) atoms. The van der Waals surface area contributed by atoms with Crippen LogP contribution in [0.1, 0.15) is 24.4 Å². The van der Waals surface area contributed by atoms with Crippen LogP contribution in [0.2, 0.25) is 5.02 Å². The number of halogens is 1. The van der Waals surface area contributed by atoms with Gasteiger partial charge in [-0.1, -0.05) is 23.7 Å². The Morgan fingerprint density at radius 3 is 2.54 bits per heavy atom. The highest BCUT2D eigenvalue weighted by molar-refractivity contribution is 6.30. The molecule has 0 fully saturated rings. The van der Waals surface area contributed by atoms with Crippen molar-refractivity contribution in [3.8, 4) is 5.75 Å². The molecule has 3 atom stereocenters. The standard InChI is InChI=1S/C22H25ClN6O6/c1-22(21(33-3)34-4)20(30)18(15-6-5-7-16(29(31)32)19(15)35-22)28(12-17-24-26-27(2)25-17)14-10-8-13(23)9-11-14/h5-11,18,20-21,30H,12H2,1-4H3/t18-,20+,22?/m1/s1. The fraction of sp³-hybridized carbons (Fsp3) is 0.409. The molecule has 0 saturated heterocycles. The van der Waals surface area contributed by atoms with E-state index in [2.05, 4.69) is 15.4 Å². The third-order valence-corrected chi connectivity index (χ3v) is 6.25. The van der Waals surface area contributed by atoms with Gasteiger partial charge in [0.2, 0.25) is 5.75 Å². The van der Waals surface area contributed by atoms with Crippen LogP contribution < -0.4 is 9.64 Å². The van der Waals surface area contributed by atoms with Gasteiger partial charge in [-0.2, -0.15) is 4.80 Å². The molecule has 0 radical (unpaired) electrons. The SMILES string of the molecule is COC(OC)C1(C)Oc2c(cccc2[N+](=O)[O-])[C@@H](N(Cc2nnn(C)n2)c2ccc(Cl)cc2)[C@@H]1O. The number of hydrogen-bond donors (Lipinski definition) is 1. The topological polar surface area (TPSA) is 138 Å². The highest BCUT2D eigenvalue weighted by atomic mass is 35.5. The zero-order valence-corrected chi connectivity index (χ0v) is 20.3. The molecule has 1 aliphatic heterocycles. The van der Waals surface area contributed by atoms with E-state index in [0.717, 1.165) is 0 Å². The van der Waals surface area contributed by atoms with Crippen LogP contribution in [-0.2, 0) is 23.1 Å². The summed E-state index contributed by atoms with van der Waals surface area (Å²) in [6.45, 7) is 1.71. The van der Waals surface area contributed by atoms with Gasteiger partial charge in [0.15, 0.2) is 17.7 Å². The lowest BCUT2D eigenvalue weighted by atomic mass is 9.83. The molecular weight excluding hydrogens is 480 g/mol. The summed E-state index contributed by atoms with van der Waals surface area (Å²) in [6.07, 6.45) is -2.32. The molecule has 0 aliphatic carbocycles. The van der Waals surface area contributed by atoms with Crippen molar-refractivity contribution in [2.45, 2.75) is 37.5 Å². The van der Waals surface area contributed by atoms with Crippen molar-refractivity contribution in [2.75, 3.05) is 19.1 Å². The molecule has 3 aromatic rings. The number of nitrogens with zero attached hydrogens (tertiary/aromatic N) is 6. The fourth-order valence-electron chi connectivity index (χ4n) is 4.41. The first-order chi connectivity index (χ1) is 16.7. The second kappa shape index (κ2) is 9.74. The minimum absolute atomic E-state index is 0.0143. The molecule has 1 aromatic heterocycles. The van der Waals surface area contributed by atoms with E-state index < -0.39 is 29.0 Å². The van der Waals surface area contributed by atoms with E-state index in [1.165, 1.54) is 25.1 Å². The summed E-state index contributed by atoms with van der Waals surface area (Å²) in [5.74, 6) is 0.394. The highest BCUT2D eigenvalue weighted by Gasteiger charge is 2.55. The molecule has 0 spiro atoms. The Kier molecular flexibility index (Phi) is 6.90. The van der Waals surface area contributed by atoms with Crippen molar-refractivity contribution < 1.29 is 24.2 Å². The predicted molar refractivity (Wildman–Crippen MR) is 125 cm³/mol. The maximum Gasteiger partial charge on any atom is 0.311 e. The van der Waals surface area contributed by atoms with Crippen molar-refractivity contribution in [3.05, 3.63) is 69.0 Å². The summed E-state index contributed by atoms with van der Waals surface area (Å²) in [4.78, 5) is 14.5. The molecule has 0 saturated carbocycles. The van der Waals surface area contributed by atoms with E-state index >= 15 is 0 Å². The average Bonchev–Trinajstić information content (AvgIpc) is 3.24.